The molecule has 0 aromatic heterocycles. The first-order chi connectivity index (χ1) is 12.7. The first-order valence-electron chi connectivity index (χ1n) is 9.23. The molecule has 0 fully saturated rings. The molecule has 0 saturated heterocycles. The van der Waals surface area contributed by atoms with Crippen LogP contribution in [0.4, 0.5) is 0 Å². The van der Waals surface area contributed by atoms with Crippen molar-refractivity contribution in [3.05, 3.63) is 71.3 Å². The molecule has 0 saturated carbocycles. The van der Waals surface area contributed by atoms with E-state index < -0.39 is 6.04 Å². The molecule has 1 N–H and O–H groups in total. The molecule has 1 unspecified atom stereocenters. The lowest BCUT2D eigenvalue weighted by molar-refractivity contribution is -0.146. The van der Waals surface area contributed by atoms with Crippen LogP contribution in [-0.4, -0.2) is 30.4 Å². The Kier molecular flexibility index (Phi) is 6.18. The van der Waals surface area contributed by atoms with Crippen LogP contribution in [0.3, 0.4) is 0 Å². The van der Waals surface area contributed by atoms with Gasteiger partial charge in [-0.3, -0.25) is 14.9 Å². The Morgan fingerprint density at radius 3 is 2.54 bits per heavy atom. The molecule has 0 amide bonds. The van der Waals surface area contributed by atoms with Gasteiger partial charge in [0.25, 0.3) is 0 Å². The van der Waals surface area contributed by atoms with E-state index >= 15 is 0 Å². The smallest absolute Gasteiger partial charge is 0.323 e. The largest absolute Gasteiger partial charge is 0.465 e. The van der Waals surface area contributed by atoms with E-state index in [2.05, 4.69) is 11.4 Å². The number of hydrogen-bond donors (Lipinski definition) is 1. The van der Waals surface area contributed by atoms with Crippen molar-refractivity contribution in [2.45, 2.75) is 44.7 Å². The zero-order valence-electron chi connectivity index (χ0n) is 15.1. The van der Waals surface area contributed by atoms with Crippen LogP contribution in [0.25, 0.3) is 0 Å². The molecule has 0 heterocycles. The second-order valence-electron chi connectivity index (χ2n) is 6.66. The number of hydrogen-bond acceptors (Lipinski definition) is 4. The lowest BCUT2D eigenvalue weighted by atomic mass is 9.86. The van der Waals surface area contributed by atoms with E-state index in [0.717, 1.165) is 12.0 Å². The van der Waals surface area contributed by atoms with E-state index in [4.69, 9.17) is 4.74 Å². The number of ether oxygens (including phenoxy) is 1. The Balaban J connectivity index is 1.69. The minimum Gasteiger partial charge on any atom is -0.465 e. The third-order valence-corrected chi connectivity index (χ3v) is 4.83. The van der Waals surface area contributed by atoms with Crippen molar-refractivity contribution in [1.82, 2.24) is 5.32 Å². The van der Waals surface area contributed by atoms with Gasteiger partial charge in [0.1, 0.15) is 6.04 Å². The average Bonchev–Trinajstić information content (AvgIpc) is 2.66. The Morgan fingerprint density at radius 1 is 1.12 bits per heavy atom. The van der Waals surface area contributed by atoms with Gasteiger partial charge in [-0.25, -0.2) is 0 Å². The highest BCUT2D eigenvalue weighted by Gasteiger charge is 2.30. The summed E-state index contributed by atoms with van der Waals surface area (Å²) in [7, 11) is 0. The van der Waals surface area contributed by atoms with Gasteiger partial charge in [0, 0.05) is 6.42 Å². The predicted molar refractivity (Wildman–Crippen MR) is 101 cm³/mol. The zero-order valence-corrected chi connectivity index (χ0v) is 15.1. The topological polar surface area (TPSA) is 55.4 Å². The SMILES string of the molecule is CCOC(=O)[C@H](CCc1ccccc1)NC1Cc2ccccc2CC1=O. The van der Waals surface area contributed by atoms with E-state index in [1.807, 2.05) is 48.5 Å². The summed E-state index contributed by atoms with van der Waals surface area (Å²) in [6, 6.07) is 17.2. The van der Waals surface area contributed by atoms with Crippen molar-refractivity contribution in [2.24, 2.45) is 0 Å². The summed E-state index contributed by atoms with van der Waals surface area (Å²) >= 11 is 0. The third-order valence-electron chi connectivity index (χ3n) is 4.83. The Bertz CT molecular complexity index is 757. The summed E-state index contributed by atoms with van der Waals surface area (Å²) in [6.45, 7) is 2.14. The van der Waals surface area contributed by atoms with Gasteiger partial charge < -0.3 is 4.74 Å². The molecule has 26 heavy (non-hydrogen) atoms. The molecule has 4 nitrogen and oxygen atoms in total. The second-order valence-corrected chi connectivity index (χ2v) is 6.66. The van der Waals surface area contributed by atoms with Crippen LogP contribution in [0, 0.1) is 0 Å². The van der Waals surface area contributed by atoms with Gasteiger partial charge in [0.05, 0.1) is 12.6 Å². The minimum atomic E-state index is -0.477. The summed E-state index contributed by atoms with van der Waals surface area (Å²) in [5, 5.41) is 3.28. The average molecular weight is 351 g/mol. The van der Waals surface area contributed by atoms with Gasteiger partial charge in [-0.1, -0.05) is 54.6 Å². The van der Waals surface area contributed by atoms with Crippen molar-refractivity contribution >= 4 is 11.8 Å². The molecule has 0 spiro atoms. The van der Waals surface area contributed by atoms with Crippen molar-refractivity contribution < 1.29 is 14.3 Å². The minimum absolute atomic E-state index is 0.137. The molecule has 2 aromatic rings. The van der Waals surface area contributed by atoms with Crippen molar-refractivity contribution in [1.29, 1.82) is 0 Å². The predicted octanol–water partition coefficient (Wildman–Crippen LogP) is 2.88. The Morgan fingerprint density at radius 2 is 1.81 bits per heavy atom. The van der Waals surface area contributed by atoms with Gasteiger partial charge >= 0.3 is 5.97 Å². The first-order valence-corrected chi connectivity index (χ1v) is 9.23. The number of carbonyl (C=O) groups excluding carboxylic acids is 2. The van der Waals surface area contributed by atoms with Gasteiger partial charge in [-0.05, 0) is 42.9 Å². The highest BCUT2D eigenvalue weighted by atomic mass is 16.5. The van der Waals surface area contributed by atoms with E-state index in [1.54, 1.807) is 6.92 Å². The molecule has 0 radical (unpaired) electrons. The number of carbonyl (C=O) groups is 2. The van der Waals surface area contributed by atoms with Crippen LogP contribution in [0.5, 0.6) is 0 Å². The molecule has 4 heteroatoms. The second kappa shape index (κ2) is 8.77. The summed E-state index contributed by atoms with van der Waals surface area (Å²) in [4.78, 5) is 24.9. The molecule has 2 atom stereocenters. The molecule has 136 valence electrons. The van der Waals surface area contributed by atoms with Gasteiger partial charge in [-0.15, -0.1) is 0 Å². The Labute approximate surface area is 154 Å². The zero-order chi connectivity index (χ0) is 18.4. The number of esters is 1. The summed E-state index contributed by atoms with van der Waals surface area (Å²) < 4.78 is 5.23. The number of fused-ring (bicyclic) bond motifs is 1. The van der Waals surface area contributed by atoms with E-state index in [-0.39, 0.29) is 17.8 Å². The van der Waals surface area contributed by atoms with Crippen LogP contribution < -0.4 is 5.32 Å². The number of nitrogens with one attached hydrogen (secondary N) is 1. The summed E-state index contributed by atoms with van der Waals surface area (Å²) in [5.74, 6) is -0.146. The summed E-state index contributed by atoms with van der Waals surface area (Å²) in [5.41, 5.74) is 3.44. The fourth-order valence-corrected chi connectivity index (χ4v) is 3.44. The number of Topliss-reactive ketones (excluding diaryl/α,β-unsaturated/α-hetero) is 1. The Hall–Kier alpha value is -2.46. The van der Waals surface area contributed by atoms with E-state index in [0.29, 0.717) is 25.9 Å². The molecular formula is C22H25NO3. The molecule has 1 aliphatic rings. The highest BCUT2D eigenvalue weighted by Crippen LogP contribution is 2.20. The number of aryl methyl sites for hydroxylation is 1. The monoisotopic (exact) mass is 351 g/mol. The lowest BCUT2D eigenvalue weighted by Crippen LogP contribution is -2.50. The van der Waals surface area contributed by atoms with Crippen LogP contribution >= 0.6 is 0 Å². The van der Waals surface area contributed by atoms with Crippen LogP contribution in [0.15, 0.2) is 54.6 Å². The normalized spacial score (nSPS) is 17.4. The van der Waals surface area contributed by atoms with Crippen LogP contribution in [0.2, 0.25) is 0 Å². The van der Waals surface area contributed by atoms with Crippen molar-refractivity contribution in [3.8, 4) is 0 Å². The standard InChI is InChI=1S/C22H25NO3/c1-2-26-22(25)19(13-12-16-8-4-3-5-9-16)23-20-14-17-10-6-7-11-18(17)15-21(20)24/h3-11,19-20,23H,2,12-15H2,1H3/t19-,20?/m0/s1. The van der Waals surface area contributed by atoms with Gasteiger partial charge in [0.2, 0.25) is 0 Å². The van der Waals surface area contributed by atoms with E-state index in [9.17, 15) is 9.59 Å². The third kappa shape index (κ3) is 4.58. The highest BCUT2D eigenvalue weighted by molar-refractivity contribution is 5.89. The summed E-state index contributed by atoms with van der Waals surface area (Å²) in [6.07, 6.45) is 2.40. The molecule has 1 aliphatic carbocycles. The van der Waals surface area contributed by atoms with E-state index in [1.165, 1.54) is 11.1 Å². The maximum Gasteiger partial charge on any atom is 0.323 e. The maximum absolute atomic E-state index is 12.5. The van der Waals surface area contributed by atoms with Crippen LogP contribution in [0.1, 0.15) is 30.0 Å². The number of rotatable bonds is 7. The fourth-order valence-electron chi connectivity index (χ4n) is 3.44. The number of ketones is 1. The fraction of sp³-hybridized carbons (Fsp3) is 0.364. The first kappa shape index (κ1) is 18.3. The maximum atomic E-state index is 12.5. The molecule has 0 aliphatic heterocycles. The van der Waals surface area contributed by atoms with Crippen molar-refractivity contribution in [2.75, 3.05) is 6.61 Å². The lowest BCUT2D eigenvalue weighted by Gasteiger charge is -2.28. The van der Waals surface area contributed by atoms with Gasteiger partial charge in [-0.2, -0.15) is 0 Å². The number of benzene rings is 2. The molecular weight excluding hydrogens is 326 g/mol. The van der Waals surface area contributed by atoms with Crippen LogP contribution in [-0.2, 0) is 33.6 Å². The van der Waals surface area contributed by atoms with Gasteiger partial charge in [0.15, 0.2) is 5.78 Å². The molecule has 3 rings (SSSR count). The molecule has 2 aromatic carbocycles. The quantitative estimate of drug-likeness (QED) is 0.780. The molecule has 0 bridgehead atoms. The van der Waals surface area contributed by atoms with Crippen molar-refractivity contribution in [3.63, 3.8) is 0 Å².